The minimum absolute atomic E-state index is 0.0210. The molecular weight excluding hydrogens is 388 g/mol. The molecule has 8 nitrogen and oxygen atoms in total. The van der Waals surface area contributed by atoms with Crippen molar-refractivity contribution >= 4 is 33.6 Å². The van der Waals surface area contributed by atoms with E-state index in [-0.39, 0.29) is 35.0 Å². The largest absolute Gasteiger partial charge is 0.352 e. The number of aromatic nitrogens is 1. The Morgan fingerprint density at radius 3 is 2.48 bits per heavy atom. The van der Waals surface area contributed by atoms with Crippen molar-refractivity contribution in [2.24, 2.45) is 0 Å². The van der Waals surface area contributed by atoms with Crippen molar-refractivity contribution in [1.29, 1.82) is 0 Å². The molecule has 0 unspecified atom stereocenters. The molecule has 1 aliphatic rings. The normalized spacial score (nSPS) is 15.5. The molecule has 0 spiro atoms. The van der Waals surface area contributed by atoms with Gasteiger partial charge in [0.25, 0.3) is 0 Å². The van der Waals surface area contributed by atoms with Gasteiger partial charge in [-0.15, -0.1) is 0 Å². The minimum atomic E-state index is -3.50. The summed E-state index contributed by atoms with van der Waals surface area (Å²) in [4.78, 5) is 27.6. The second-order valence-corrected chi connectivity index (χ2v) is 9.52. The summed E-state index contributed by atoms with van der Waals surface area (Å²) in [6.07, 6.45) is 4.15. The molecule has 2 rings (SSSR count). The molecule has 1 aromatic rings. The van der Waals surface area contributed by atoms with Crippen LogP contribution < -0.4 is 10.6 Å². The molecule has 10 heteroatoms. The maximum absolute atomic E-state index is 12.6. The van der Waals surface area contributed by atoms with E-state index in [1.165, 1.54) is 28.3 Å². The smallest absolute Gasteiger partial charge is 0.244 e. The van der Waals surface area contributed by atoms with Gasteiger partial charge in [-0.2, -0.15) is 4.31 Å². The number of amides is 2. The van der Waals surface area contributed by atoms with E-state index in [1.807, 2.05) is 13.8 Å². The highest BCUT2D eigenvalue weighted by Crippen LogP contribution is 2.22. The van der Waals surface area contributed by atoms with Crippen LogP contribution in [0.4, 0.5) is 0 Å². The van der Waals surface area contributed by atoms with E-state index < -0.39 is 10.0 Å². The van der Waals surface area contributed by atoms with Gasteiger partial charge in [0, 0.05) is 25.3 Å². The summed E-state index contributed by atoms with van der Waals surface area (Å²) in [5, 5.41) is 5.77. The van der Waals surface area contributed by atoms with Gasteiger partial charge in [0.15, 0.2) is 0 Å². The number of piperidine rings is 1. The average molecular weight is 415 g/mol. The van der Waals surface area contributed by atoms with Crippen LogP contribution in [0.3, 0.4) is 0 Å². The van der Waals surface area contributed by atoms with Crippen molar-refractivity contribution < 1.29 is 18.0 Å². The zero-order valence-electron chi connectivity index (χ0n) is 15.6. The Kier molecular flexibility index (Phi) is 8.06. The van der Waals surface area contributed by atoms with Gasteiger partial charge in [0.2, 0.25) is 21.8 Å². The van der Waals surface area contributed by atoms with Crippen molar-refractivity contribution in [3.05, 3.63) is 18.3 Å². The van der Waals surface area contributed by atoms with Gasteiger partial charge < -0.3 is 10.6 Å². The van der Waals surface area contributed by atoms with Gasteiger partial charge in [0.05, 0.1) is 17.3 Å². The van der Waals surface area contributed by atoms with Gasteiger partial charge in [0.1, 0.15) is 4.90 Å². The molecule has 2 N–H and O–H groups in total. The third kappa shape index (κ3) is 6.78. The highest BCUT2D eigenvalue weighted by Gasteiger charge is 2.26. The lowest BCUT2D eigenvalue weighted by Crippen LogP contribution is -2.40. The summed E-state index contributed by atoms with van der Waals surface area (Å²) < 4.78 is 26.6. The van der Waals surface area contributed by atoms with Crippen molar-refractivity contribution in [1.82, 2.24) is 19.9 Å². The molecule has 1 saturated heterocycles. The van der Waals surface area contributed by atoms with Crippen LogP contribution in [0, 0.1) is 0 Å². The first-order valence-electron chi connectivity index (χ1n) is 8.94. The van der Waals surface area contributed by atoms with Gasteiger partial charge in [-0.3, -0.25) is 9.59 Å². The summed E-state index contributed by atoms with van der Waals surface area (Å²) in [6, 6.07) is 3.14. The summed E-state index contributed by atoms with van der Waals surface area (Å²) in [5.41, 5.74) is 0. The topological polar surface area (TPSA) is 108 Å². The predicted molar refractivity (Wildman–Crippen MR) is 104 cm³/mol. The van der Waals surface area contributed by atoms with E-state index in [9.17, 15) is 18.0 Å². The second kappa shape index (κ2) is 10.0. The number of nitrogens with one attached hydrogen (secondary N) is 2. The fourth-order valence-corrected chi connectivity index (χ4v) is 4.74. The van der Waals surface area contributed by atoms with E-state index in [0.29, 0.717) is 18.1 Å². The zero-order valence-corrected chi connectivity index (χ0v) is 17.2. The number of pyridine rings is 1. The monoisotopic (exact) mass is 414 g/mol. The number of carbonyl (C=O) groups excluding carboxylic acids is 2. The summed E-state index contributed by atoms with van der Waals surface area (Å²) >= 11 is 1.19. The number of thioether (sulfide) groups is 1. The van der Waals surface area contributed by atoms with E-state index in [0.717, 1.165) is 19.3 Å². The Morgan fingerprint density at radius 2 is 1.89 bits per heavy atom. The van der Waals surface area contributed by atoms with Crippen LogP contribution in [0.5, 0.6) is 0 Å². The SMILES string of the molecule is CC(C)NC(=O)CNC(=O)CSc1ccc(S(=O)(=O)N2CCCCC2)cn1. The molecule has 0 saturated carbocycles. The minimum Gasteiger partial charge on any atom is -0.352 e. The van der Waals surface area contributed by atoms with E-state index in [1.54, 1.807) is 6.07 Å². The Bertz CT molecular complexity index is 745. The molecule has 150 valence electrons. The lowest BCUT2D eigenvalue weighted by Gasteiger charge is -2.25. The molecular formula is C17H26N4O4S2. The van der Waals surface area contributed by atoms with Crippen molar-refractivity contribution in [3.8, 4) is 0 Å². The van der Waals surface area contributed by atoms with E-state index in [4.69, 9.17) is 0 Å². The first kappa shape index (κ1) is 21.6. The number of nitrogens with zero attached hydrogens (tertiary/aromatic N) is 2. The van der Waals surface area contributed by atoms with Crippen LogP contribution >= 0.6 is 11.8 Å². The van der Waals surface area contributed by atoms with Crippen molar-refractivity contribution in [2.45, 2.75) is 49.1 Å². The first-order chi connectivity index (χ1) is 12.8. The Labute approximate surface area is 164 Å². The van der Waals surface area contributed by atoms with Crippen LogP contribution in [0.2, 0.25) is 0 Å². The molecule has 0 atom stereocenters. The molecule has 27 heavy (non-hydrogen) atoms. The summed E-state index contributed by atoms with van der Waals surface area (Å²) in [5.74, 6) is -0.431. The molecule has 0 aromatic carbocycles. The van der Waals surface area contributed by atoms with E-state index >= 15 is 0 Å². The molecule has 0 aliphatic carbocycles. The summed E-state index contributed by atoms with van der Waals surface area (Å²) in [6.45, 7) is 4.71. The fourth-order valence-electron chi connectivity index (χ4n) is 2.60. The number of carbonyl (C=O) groups is 2. The third-order valence-electron chi connectivity index (χ3n) is 3.91. The van der Waals surface area contributed by atoms with Crippen molar-refractivity contribution in [2.75, 3.05) is 25.4 Å². The van der Waals surface area contributed by atoms with Crippen LogP contribution in [0.15, 0.2) is 28.3 Å². The van der Waals surface area contributed by atoms with Crippen molar-refractivity contribution in [3.63, 3.8) is 0 Å². The zero-order chi connectivity index (χ0) is 19.9. The molecule has 1 aliphatic heterocycles. The maximum atomic E-state index is 12.6. The molecule has 0 radical (unpaired) electrons. The Hall–Kier alpha value is -1.65. The van der Waals surface area contributed by atoms with E-state index in [2.05, 4.69) is 15.6 Å². The average Bonchev–Trinajstić information content (AvgIpc) is 2.65. The standard InChI is InChI=1S/C17H26N4O4S2/c1-13(2)20-15(22)11-18-16(23)12-26-17-7-6-14(10-19-17)27(24,25)21-8-4-3-5-9-21/h6-7,10,13H,3-5,8-9,11-12H2,1-2H3,(H,18,23)(H,20,22). The van der Waals surface area contributed by atoms with Gasteiger partial charge in [-0.05, 0) is 38.8 Å². The first-order valence-corrected chi connectivity index (χ1v) is 11.4. The van der Waals surface area contributed by atoms with Gasteiger partial charge in [-0.1, -0.05) is 18.2 Å². The highest BCUT2D eigenvalue weighted by molar-refractivity contribution is 7.99. The Balaban J connectivity index is 1.83. The van der Waals surface area contributed by atoms with Crippen LogP contribution in [-0.2, 0) is 19.6 Å². The quantitative estimate of drug-likeness (QED) is 0.614. The van der Waals surface area contributed by atoms with Crippen LogP contribution in [0.25, 0.3) is 0 Å². The number of hydrogen-bond donors (Lipinski definition) is 2. The molecule has 1 aromatic heterocycles. The fraction of sp³-hybridized carbons (Fsp3) is 0.588. The lowest BCUT2D eigenvalue weighted by molar-refractivity contribution is -0.125. The predicted octanol–water partition coefficient (Wildman–Crippen LogP) is 0.989. The molecule has 1 fully saturated rings. The molecule has 2 heterocycles. The maximum Gasteiger partial charge on any atom is 0.244 e. The van der Waals surface area contributed by atoms with Crippen LogP contribution in [0.1, 0.15) is 33.1 Å². The molecule has 2 amide bonds. The highest BCUT2D eigenvalue weighted by atomic mass is 32.2. The summed E-state index contributed by atoms with van der Waals surface area (Å²) in [7, 11) is -3.50. The number of hydrogen-bond acceptors (Lipinski definition) is 6. The third-order valence-corrected chi connectivity index (χ3v) is 6.73. The van der Waals surface area contributed by atoms with Gasteiger partial charge >= 0.3 is 0 Å². The Morgan fingerprint density at radius 1 is 1.19 bits per heavy atom. The lowest BCUT2D eigenvalue weighted by atomic mass is 10.2. The second-order valence-electron chi connectivity index (χ2n) is 6.58. The number of sulfonamides is 1. The van der Waals surface area contributed by atoms with Crippen LogP contribution in [-0.4, -0.2) is 61.0 Å². The number of rotatable bonds is 8. The van der Waals surface area contributed by atoms with Gasteiger partial charge in [-0.25, -0.2) is 13.4 Å². The molecule has 0 bridgehead atoms.